The average Bonchev–Trinajstić information content (AvgIpc) is 2.67. The Morgan fingerprint density at radius 2 is 2.07 bits per heavy atom. The van der Waals surface area contributed by atoms with Gasteiger partial charge in [0, 0.05) is 24.2 Å². The summed E-state index contributed by atoms with van der Waals surface area (Å²) in [5, 5.41) is 3.62. The number of hydrogen-bond acceptors (Lipinski definition) is 6. The number of carbonyl (C=O) groups excluding carboxylic acids is 1. The number of rotatable bonds is 8. The van der Waals surface area contributed by atoms with Crippen molar-refractivity contribution in [1.82, 2.24) is 10.2 Å². The highest BCUT2D eigenvalue weighted by Gasteiger charge is 2.30. The molecule has 0 atom stereocenters. The van der Waals surface area contributed by atoms with Gasteiger partial charge >= 0.3 is 5.63 Å². The SMILES string of the molecule is CCc1cc(=O)oc2c3c(cc(OCC(=O)NCCCN(C)C)c12)OC(C)(C)CC3. The largest absolute Gasteiger partial charge is 0.487 e. The number of nitrogens with one attached hydrogen (secondary N) is 1. The van der Waals surface area contributed by atoms with Crippen molar-refractivity contribution in [1.29, 1.82) is 0 Å². The second kappa shape index (κ2) is 9.08. The molecule has 1 aromatic carbocycles. The van der Waals surface area contributed by atoms with E-state index >= 15 is 0 Å². The molecule has 1 amide bonds. The van der Waals surface area contributed by atoms with E-state index in [1.54, 1.807) is 0 Å². The lowest BCUT2D eigenvalue weighted by molar-refractivity contribution is -0.123. The smallest absolute Gasteiger partial charge is 0.336 e. The molecule has 1 N–H and O–H groups in total. The van der Waals surface area contributed by atoms with Gasteiger partial charge in [0.15, 0.2) is 6.61 Å². The van der Waals surface area contributed by atoms with Crippen LogP contribution < -0.4 is 20.4 Å². The summed E-state index contributed by atoms with van der Waals surface area (Å²) >= 11 is 0. The van der Waals surface area contributed by atoms with Gasteiger partial charge in [-0.1, -0.05) is 6.92 Å². The van der Waals surface area contributed by atoms with Crippen LogP contribution in [-0.2, 0) is 17.6 Å². The predicted molar refractivity (Wildman–Crippen MR) is 117 cm³/mol. The van der Waals surface area contributed by atoms with Crippen LogP contribution in [0.5, 0.6) is 11.5 Å². The zero-order chi connectivity index (χ0) is 21.9. The Kier molecular flexibility index (Phi) is 6.71. The van der Waals surface area contributed by atoms with E-state index in [1.807, 2.05) is 40.9 Å². The van der Waals surface area contributed by atoms with Gasteiger partial charge in [-0.05, 0) is 65.7 Å². The van der Waals surface area contributed by atoms with Gasteiger partial charge in [-0.15, -0.1) is 0 Å². The molecule has 0 saturated heterocycles. The standard InChI is InChI=1S/C23H32N2O5/c1-6-15-12-20(27)29-22-16-8-9-23(2,3)30-17(16)13-18(21(15)22)28-14-19(26)24-10-7-11-25(4)5/h12-13H,6-11,14H2,1-5H3,(H,24,26). The fourth-order valence-corrected chi connectivity index (χ4v) is 3.73. The predicted octanol–water partition coefficient (Wildman–Crippen LogP) is 2.91. The summed E-state index contributed by atoms with van der Waals surface area (Å²) in [4.78, 5) is 26.4. The maximum absolute atomic E-state index is 12.2. The zero-order valence-corrected chi connectivity index (χ0v) is 18.6. The van der Waals surface area contributed by atoms with Crippen molar-refractivity contribution in [3.05, 3.63) is 33.7 Å². The van der Waals surface area contributed by atoms with E-state index in [0.29, 0.717) is 30.0 Å². The van der Waals surface area contributed by atoms with Gasteiger partial charge in [0.05, 0.1) is 5.39 Å². The number of amides is 1. The third kappa shape index (κ3) is 5.14. The second-order valence-corrected chi connectivity index (χ2v) is 8.66. The molecular formula is C23H32N2O5. The lowest BCUT2D eigenvalue weighted by Gasteiger charge is -2.33. The van der Waals surface area contributed by atoms with Crippen LogP contribution in [0.3, 0.4) is 0 Å². The number of benzene rings is 1. The van der Waals surface area contributed by atoms with Crippen LogP contribution in [0.2, 0.25) is 0 Å². The van der Waals surface area contributed by atoms with Crippen LogP contribution in [0.15, 0.2) is 21.3 Å². The molecule has 0 radical (unpaired) electrons. The van der Waals surface area contributed by atoms with Crippen LogP contribution in [0.4, 0.5) is 0 Å². The molecule has 2 heterocycles. The summed E-state index contributed by atoms with van der Waals surface area (Å²) in [6, 6.07) is 3.33. The fourth-order valence-electron chi connectivity index (χ4n) is 3.73. The van der Waals surface area contributed by atoms with E-state index in [2.05, 4.69) is 10.2 Å². The molecule has 1 aliphatic rings. The van der Waals surface area contributed by atoms with Crippen LogP contribution >= 0.6 is 0 Å². The second-order valence-electron chi connectivity index (χ2n) is 8.66. The van der Waals surface area contributed by atoms with Crippen molar-refractivity contribution in [2.24, 2.45) is 0 Å². The first kappa shape index (κ1) is 22.2. The molecule has 7 heteroatoms. The Balaban J connectivity index is 1.88. The van der Waals surface area contributed by atoms with Gasteiger partial charge in [0.2, 0.25) is 0 Å². The molecule has 1 aromatic heterocycles. The van der Waals surface area contributed by atoms with E-state index in [0.717, 1.165) is 42.3 Å². The molecule has 7 nitrogen and oxygen atoms in total. The van der Waals surface area contributed by atoms with Crippen molar-refractivity contribution in [2.45, 2.75) is 52.1 Å². The fraction of sp³-hybridized carbons (Fsp3) is 0.565. The van der Waals surface area contributed by atoms with Gasteiger partial charge in [-0.2, -0.15) is 0 Å². The van der Waals surface area contributed by atoms with Crippen LogP contribution in [0.1, 0.15) is 44.7 Å². The molecule has 0 bridgehead atoms. The third-order valence-electron chi connectivity index (χ3n) is 5.33. The molecule has 3 rings (SSSR count). The van der Waals surface area contributed by atoms with Crippen LogP contribution in [0.25, 0.3) is 11.0 Å². The highest BCUT2D eigenvalue weighted by Crippen LogP contribution is 2.42. The number of carbonyl (C=O) groups is 1. The van der Waals surface area contributed by atoms with Crippen LogP contribution in [-0.4, -0.2) is 50.2 Å². The summed E-state index contributed by atoms with van der Waals surface area (Å²) in [7, 11) is 4.00. The number of aryl methyl sites for hydroxylation is 2. The Bertz CT molecular complexity index is 978. The Morgan fingerprint density at radius 3 is 2.77 bits per heavy atom. The third-order valence-corrected chi connectivity index (χ3v) is 5.33. The van der Waals surface area contributed by atoms with Gasteiger partial charge in [0.25, 0.3) is 5.91 Å². The van der Waals surface area contributed by atoms with Crippen molar-refractivity contribution >= 4 is 16.9 Å². The highest BCUT2D eigenvalue weighted by atomic mass is 16.5. The summed E-state index contributed by atoms with van der Waals surface area (Å²) in [6.07, 6.45) is 3.10. The normalized spacial score (nSPS) is 15.0. The molecule has 0 unspecified atom stereocenters. The number of ether oxygens (including phenoxy) is 2. The van der Waals surface area contributed by atoms with E-state index in [4.69, 9.17) is 13.9 Å². The number of nitrogens with zero attached hydrogens (tertiary/aromatic N) is 1. The van der Waals surface area contributed by atoms with E-state index in [1.165, 1.54) is 6.07 Å². The van der Waals surface area contributed by atoms with Crippen molar-refractivity contribution in [3.8, 4) is 11.5 Å². The first-order valence-electron chi connectivity index (χ1n) is 10.6. The summed E-state index contributed by atoms with van der Waals surface area (Å²) in [6.45, 7) is 7.43. The Morgan fingerprint density at radius 1 is 1.30 bits per heavy atom. The minimum Gasteiger partial charge on any atom is -0.487 e. The average molecular weight is 417 g/mol. The molecule has 30 heavy (non-hydrogen) atoms. The molecule has 0 spiro atoms. The van der Waals surface area contributed by atoms with Gasteiger partial charge < -0.3 is 24.1 Å². The minimum absolute atomic E-state index is 0.110. The minimum atomic E-state index is -0.387. The summed E-state index contributed by atoms with van der Waals surface area (Å²) in [5.74, 6) is 0.971. The van der Waals surface area contributed by atoms with Gasteiger partial charge in [0.1, 0.15) is 22.7 Å². The molecule has 0 saturated carbocycles. The van der Waals surface area contributed by atoms with E-state index < -0.39 is 0 Å². The topological polar surface area (TPSA) is 81.0 Å². The van der Waals surface area contributed by atoms with Crippen molar-refractivity contribution < 1.29 is 18.7 Å². The van der Waals surface area contributed by atoms with Crippen molar-refractivity contribution in [3.63, 3.8) is 0 Å². The van der Waals surface area contributed by atoms with E-state index in [-0.39, 0.29) is 23.7 Å². The lowest BCUT2D eigenvalue weighted by atomic mass is 9.92. The summed E-state index contributed by atoms with van der Waals surface area (Å²) in [5.41, 5.74) is 1.54. The monoisotopic (exact) mass is 416 g/mol. The maximum atomic E-state index is 12.2. The van der Waals surface area contributed by atoms with Gasteiger partial charge in [-0.25, -0.2) is 4.79 Å². The molecule has 0 aliphatic carbocycles. The number of hydrogen-bond donors (Lipinski definition) is 1. The maximum Gasteiger partial charge on any atom is 0.336 e. The first-order chi connectivity index (χ1) is 14.2. The molecule has 2 aromatic rings. The quantitative estimate of drug-likeness (QED) is 0.526. The molecule has 164 valence electrons. The Hall–Kier alpha value is -2.54. The Labute approximate surface area is 177 Å². The molecule has 0 fully saturated rings. The number of fused-ring (bicyclic) bond motifs is 3. The molecule has 1 aliphatic heterocycles. The van der Waals surface area contributed by atoms with Crippen molar-refractivity contribution in [2.75, 3.05) is 33.8 Å². The summed E-state index contributed by atoms with van der Waals surface area (Å²) < 4.78 is 17.7. The van der Waals surface area contributed by atoms with E-state index in [9.17, 15) is 9.59 Å². The van der Waals surface area contributed by atoms with Crippen LogP contribution in [0, 0.1) is 0 Å². The van der Waals surface area contributed by atoms with Gasteiger partial charge in [-0.3, -0.25) is 4.79 Å². The molecular weight excluding hydrogens is 384 g/mol. The lowest BCUT2D eigenvalue weighted by Crippen LogP contribution is -2.33. The zero-order valence-electron chi connectivity index (χ0n) is 18.6. The first-order valence-corrected chi connectivity index (χ1v) is 10.6. The highest BCUT2D eigenvalue weighted by molar-refractivity contribution is 5.92.